The van der Waals surface area contributed by atoms with Crippen molar-refractivity contribution in [1.82, 2.24) is 0 Å². The summed E-state index contributed by atoms with van der Waals surface area (Å²) >= 11 is 0. The minimum Gasteiger partial charge on any atom is -0.508 e. The number of ketones is 2. The Morgan fingerprint density at radius 1 is 1.00 bits per heavy atom. The second-order valence-electron chi connectivity index (χ2n) is 6.22. The first-order valence-electron chi connectivity index (χ1n) is 8.44. The van der Waals surface area contributed by atoms with Crippen LogP contribution in [-0.4, -0.2) is 16.7 Å². The second-order valence-corrected chi connectivity index (χ2v) is 6.22. The number of hydrogen-bond acceptors (Lipinski definition) is 3. The summed E-state index contributed by atoms with van der Waals surface area (Å²) < 4.78 is 0. The Bertz CT molecular complexity index is 814. The Labute approximate surface area is 147 Å². The van der Waals surface area contributed by atoms with Crippen molar-refractivity contribution in [3.05, 3.63) is 77.4 Å². The van der Waals surface area contributed by atoms with E-state index in [1.54, 1.807) is 30.3 Å². The topological polar surface area (TPSA) is 54.4 Å². The number of phenolic OH excluding ortho intramolecular Hbond substituents is 1. The van der Waals surface area contributed by atoms with Crippen LogP contribution < -0.4 is 0 Å². The summed E-state index contributed by atoms with van der Waals surface area (Å²) in [5.74, 6) is -0.620. The molecule has 0 amide bonds. The van der Waals surface area contributed by atoms with E-state index in [-0.39, 0.29) is 17.3 Å². The number of phenols is 1. The van der Waals surface area contributed by atoms with Crippen LogP contribution in [0.5, 0.6) is 5.75 Å². The van der Waals surface area contributed by atoms with Crippen molar-refractivity contribution < 1.29 is 14.7 Å². The smallest absolute Gasteiger partial charge is 0.169 e. The van der Waals surface area contributed by atoms with Crippen LogP contribution in [0.3, 0.4) is 0 Å². The Hall–Kier alpha value is -2.94. The maximum Gasteiger partial charge on any atom is 0.169 e. The van der Waals surface area contributed by atoms with Gasteiger partial charge < -0.3 is 5.11 Å². The molecule has 0 heterocycles. The zero-order valence-electron chi connectivity index (χ0n) is 13.9. The van der Waals surface area contributed by atoms with Crippen molar-refractivity contribution in [3.8, 4) is 5.75 Å². The molecule has 3 heteroatoms. The van der Waals surface area contributed by atoms with Crippen molar-refractivity contribution >= 4 is 23.7 Å². The largest absolute Gasteiger partial charge is 0.508 e. The van der Waals surface area contributed by atoms with Gasteiger partial charge in [-0.25, -0.2) is 0 Å². The Morgan fingerprint density at radius 2 is 1.72 bits per heavy atom. The highest BCUT2D eigenvalue weighted by Gasteiger charge is 2.30. The van der Waals surface area contributed by atoms with Crippen molar-refractivity contribution in [1.29, 1.82) is 0 Å². The molecule has 1 aliphatic rings. The molecule has 126 valence electrons. The van der Waals surface area contributed by atoms with Crippen LogP contribution in [0.15, 0.2) is 66.2 Å². The van der Waals surface area contributed by atoms with Gasteiger partial charge in [0.25, 0.3) is 0 Å². The fourth-order valence-corrected chi connectivity index (χ4v) is 3.02. The lowest BCUT2D eigenvalue weighted by Crippen LogP contribution is -2.27. The first-order valence-corrected chi connectivity index (χ1v) is 8.44. The van der Waals surface area contributed by atoms with E-state index in [0.717, 1.165) is 29.5 Å². The number of carbonyl (C=O) groups excluding carboxylic acids is 2. The van der Waals surface area contributed by atoms with E-state index in [4.69, 9.17) is 0 Å². The van der Waals surface area contributed by atoms with Crippen LogP contribution in [0.4, 0.5) is 0 Å². The number of benzene rings is 2. The molecule has 0 aliphatic heterocycles. The van der Waals surface area contributed by atoms with Crippen LogP contribution in [0.25, 0.3) is 12.2 Å². The molecule has 0 bridgehead atoms. The van der Waals surface area contributed by atoms with Crippen molar-refractivity contribution in [2.24, 2.45) is 5.92 Å². The van der Waals surface area contributed by atoms with Gasteiger partial charge in [-0.15, -0.1) is 0 Å². The Balaban J connectivity index is 1.73. The molecule has 0 saturated heterocycles. The van der Waals surface area contributed by atoms with E-state index < -0.39 is 5.92 Å². The minimum atomic E-state index is -0.586. The molecule has 1 fully saturated rings. The van der Waals surface area contributed by atoms with Gasteiger partial charge >= 0.3 is 0 Å². The van der Waals surface area contributed by atoms with Crippen molar-refractivity contribution in [3.63, 3.8) is 0 Å². The van der Waals surface area contributed by atoms with E-state index in [1.807, 2.05) is 36.4 Å². The van der Waals surface area contributed by atoms with Gasteiger partial charge in [-0.1, -0.05) is 48.5 Å². The van der Waals surface area contributed by atoms with E-state index in [1.165, 1.54) is 6.08 Å². The number of hydrogen-bond donors (Lipinski definition) is 1. The van der Waals surface area contributed by atoms with Crippen LogP contribution >= 0.6 is 0 Å². The Kier molecular flexibility index (Phi) is 5.24. The summed E-state index contributed by atoms with van der Waals surface area (Å²) in [6.45, 7) is 0. The first-order chi connectivity index (χ1) is 12.1. The number of allylic oxidation sites excluding steroid dienone is 2. The summed E-state index contributed by atoms with van der Waals surface area (Å²) in [6.07, 6.45) is 7.22. The molecule has 1 aliphatic carbocycles. The van der Waals surface area contributed by atoms with Gasteiger partial charge in [-0.2, -0.15) is 0 Å². The zero-order chi connectivity index (χ0) is 17.6. The maximum absolute atomic E-state index is 12.7. The fraction of sp³-hybridized carbons (Fsp3) is 0.182. The molecule has 1 saturated carbocycles. The van der Waals surface area contributed by atoms with Gasteiger partial charge in [0.1, 0.15) is 5.75 Å². The third-order valence-electron chi connectivity index (χ3n) is 4.39. The second kappa shape index (κ2) is 7.75. The van der Waals surface area contributed by atoms with Gasteiger partial charge in [0.05, 0.1) is 5.92 Å². The molecule has 3 nitrogen and oxygen atoms in total. The zero-order valence-corrected chi connectivity index (χ0v) is 13.9. The first kappa shape index (κ1) is 16.9. The van der Waals surface area contributed by atoms with E-state index in [9.17, 15) is 14.7 Å². The van der Waals surface area contributed by atoms with Crippen LogP contribution in [-0.2, 0) is 9.59 Å². The molecular formula is C22H20O3. The summed E-state index contributed by atoms with van der Waals surface area (Å²) in [4.78, 5) is 25.1. The van der Waals surface area contributed by atoms with E-state index >= 15 is 0 Å². The van der Waals surface area contributed by atoms with Crippen molar-refractivity contribution in [2.75, 3.05) is 0 Å². The van der Waals surface area contributed by atoms with Gasteiger partial charge in [-0.3, -0.25) is 9.59 Å². The van der Waals surface area contributed by atoms with Crippen LogP contribution in [0.2, 0.25) is 0 Å². The third kappa shape index (κ3) is 4.32. The Morgan fingerprint density at radius 3 is 2.44 bits per heavy atom. The summed E-state index contributed by atoms with van der Waals surface area (Å²) in [5.41, 5.74) is 2.53. The van der Waals surface area contributed by atoms with E-state index in [0.29, 0.717) is 6.42 Å². The molecule has 0 radical (unpaired) electrons. The summed E-state index contributed by atoms with van der Waals surface area (Å²) in [6, 6.07) is 16.3. The molecule has 0 aromatic heterocycles. The highest BCUT2D eigenvalue weighted by molar-refractivity contribution is 6.16. The molecule has 1 atom stereocenters. The molecule has 2 aromatic rings. The highest BCUT2D eigenvalue weighted by Crippen LogP contribution is 2.28. The molecule has 25 heavy (non-hydrogen) atoms. The van der Waals surface area contributed by atoms with Crippen LogP contribution in [0, 0.1) is 5.92 Å². The number of Topliss-reactive ketones (excluding diaryl/α,β-unsaturated/α-hetero) is 1. The normalized spacial score (nSPS) is 19.4. The third-order valence-corrected chi connectivity index (χ3v) is 4.39. The van der Waals surface area contributed by atoms with E-state index in [2.05, 4.69) is 0 Å². The SMILES string of the molecule is O=C(C=Cc1ccc(O)cc1)C1CCCC(=Cc2ccccc2)C1=O. The summed E-state index contributed by atoms with van der Waals surface area (Å²) in [7, 11) is 0. The molecule has 1 N–H and O–H groups in total. The average molecular weight is 332 g/mol. The molecule has 3 rings (SSSR count). The highest BCUT2D eigenvalue weighted by atomic mass is 16.3. The quantitative estimate of drug-likeness (QED) is 0.666. The lowest BCUT2D eigenvalue weighted by molar-refractivity contribution is -0.129. The summed E-state index contributed by atoms with van der Waals surface area (Å²) in [5, 5.41) is 9.28. The minimum absolute atomic E-state index is 0.0598. The number of rotatable bonds is 4. The van der Waals surface area contributed by atoms with Crippen LogP contribution in [0.1, 0.15) is 30.4 Å². The number of carbonyl (C=O) groups is 2. The van der Waals surface area contributed by atoms with Gasteiger partial charge in [0.15, 0.2) is 11.6 Å². The fourth-order valence-electron chi connectivity index (χ4n) is 3.02. The average Bonchev–Trinajstić information content (AvgIpc) is 2.63. The predicted octanol–water partition coefficient (Wildman–Crippen LogP) is 4.43. The van der Waals surface area contributed by atoms with Gasteiger partial charge in [0.2, 0.25) is 0 Å². The van der Waals surface area contributed by atoms with Gasteiger partial charge in [0, 0.05) is 0 Å². The lowest BCUT2D eigenvalue weighted by Gasteiger charge is -2.20. The van der Waals surface area contributed by atoms with Gasteiger partial charge in [-0.05, 0) is 60.2 Å². The number of aromatic hydroxyl groups is 1. The molecule has 1 unspecified atom stereocenters. The molecule has 2 aromatic carbocycles. The standard InChI is InChI=1S/C22H20O3/c23-19-12-9-16(10-13-19)11-14-21(24)20-8-4-7-18(22(20)25)15-17-5-2-1-3-6-17/h1-3,5-6,9-15,20,23H,4,7-8H2. The molecule has 0 spiro atoms. The molecular weight excluding hydrogens is 312 g/mol. The lowest BCUT2D eigenvalue weighted by atomic mass is 9.81. The maximum atomic E-state index is 12.7. The predicted molar refractivity (Wildman–Crippen MR) is 98.9 cm³/mol. The van der Waals surface area contributed by atoms with Crippen molar-refractivity contribution in [2.45, 2.75) is 19.3 Å². The monoisotopic (exact) mass is 332 g/mol.